The van der Waals surface area contributed by atoms with Gasteiger partial charge in [0.05, 0.1) is 11.6 Å². The summed E-state index contributed by atoms with van der Waals surface area (Å²) in [6.45, 7) is 6.59. The number of pyridine rings is 1. The van der Waals surface area contributed by atoms with Gasteiger partial charge in [0, 0.05) is 23.6 Å². The first-order valence-corrected chi connectivity index (χ1v) is 12.7. The minimum absolute atomic E-state index is 0.00204. The normalized spacial score (nSPS) is 27.3. The van der Waals surface area contributed by atoms with Crippen LogP contribution < -0.4 is 11.1 Å². The van der Waals surface area contributed by atoms with Gasteiger partial charge in [0.2, 0.25) is 5.78 Å². The number of ketones is 2. The highest BCUT2D eigenvalue weighted by molar-refractivity contribution is 6.32. The summed E-state index contributed by atoms with van der Waals surface area (Å²) < 4.78 is 0. The number of Topliss-reactive ketones (excluding diaryl/α,β-unsaturated/α-hetero) is 2. The Balaban J connectivity index is 1.85. The molecule has 0 unspecified atom stereocenters. The van der Waals surface area contributed by atoms with Gasteiger partial charge < -0.3 is 31.5 Å². The molecule has 11 nitrogen and oxygen atoms in total. The largest absolute Gasteiger partial charge is 0.510 e. The van der Waals surface area contributed by atoms with Crippen molar-refractivity contribution in [3.8, 4) is 5.75 Å². The van der Waals surface area contributed by atoms with Crippen LogP contribution in [0.3, 0.4) is 0 Å². The quantitative estimate of drug-likeness (QED) is 0.235. The summed E-state index contributed by atoms with van der Waals surface area (Å²) in [6, 6.07) is -1.06. The van der Waals surface area contributed by atoms with E-state index in [1.807, 2.05) is 20.8 Å². The number of carbonyl (C=O) groups excluding carboxylic acids is 3. The molecular weight excluding hydrogens is 516 g/mol. The summed E-state index contributed by atoms with van der Waals surface area (Å²) in [5.41, 5.74) is 1.66. The van der Waals surface area contributed by atoms with Crippen LogP contribution in [0.4, 0.5) is 5.82 Å². The van der Waals surface area contributed by atoms with Crippen LogP contribution in [0, 0.1) is 17.3 Å². The summed E-state index contributed by atoms with van der Waals surface area (Å²) in [6.07, 6.45) is 0.793. The smallest absolute Gasteiger partial charge is 0.255 e. The lowest BCUT2D eigenvalue weighted by Crippen LogP contribution is -2.63. The van der Waals surface area contributed by atoms with E-state index in [1.54, 1.807) is 14.1 Å². The molecule has 206 valence electrons. The van der Waals surface area contributed by atoms with E-state index in [4.69, 9.17) is 17.3 Å². The van der Waals surface area contributed by atoms with Crippen LogP contribution in [-0.4, -0.2) is 80.1 Å². The topological polar surface area (TPSA) is 186 Å². The van der Waals surface area contributed by atoms with Gasteiger partial charge in [0.1, 0.15) is 22.2 Å². The summed E-state index contributed by atoms with van der Waals surface area (Å²) >= 11 is 6.46. The van der Waals surface area contributed by atoms with E-state index in [9.17, 15) is 34.8 Å². The fourth-order valence-corrected chi connectivity index (χ4v) is 6.10. The summed E-state index contributed by atoms with van der Waals surface area (Å²) in [4.78, 5) is 44.9. The molecule has 3 aliphatic rings. The van der Waals surface area contributed by atoms with E-state index in [0.717, 1.165) is 6.42 Å². The number of hydrogen-bond donors (Lipinski definition) is 6. The number of nitrogens with zero attached hydrogens (tertiary/aromatic N) is 2. The molecule has 0 aliphatic heterocycles. The molecule has 0 fully saturated rings. The number of rotatable bonds is 5. The number of anilines is 1. The average molecular weight is 549 g/mol. The van der Waals surface area contributed by atoms with Gasteiger partial charge in [-0.2, -0.15) is 0 Å². The number of aromatic nitrogens is 1. The molecule has 0 saturated heterocycles. The number of nitrogens with one attached hydrogen (secondary N) is 1. The zero-order valence-electron chi connectivity index (χ0n) is 21.9. The summed E-state index contributed by atoms with van der Waals surface area (Å²) in [7, 11) is 3.14. The van der Waals surface area contributed by atoms with Crippen molar-refractivity contribution in [1.82, 2.24) is 9.88 Å². The lowest BCUT2D eigenvalue weighted by atomic mass is 9.58. The number of primary amides is 1. The minimum Gasteiger partial charge on any atom is -0.510 e. The SMILES string of the molecule is CN(C)[C@@H]1C(O)=C(C(N)=O)C(=O)[C@@]2(O)C(O)=C3C(=O)c4c(O)c(NCCC(C)(C)C)nc(Cl)c4C[C@H]3C[C@@H]12. The van der Waals surface area contributed by atoms with Gasteiger partial charge in [-0.25, -0.2) is 4.98 Å². The van der Waals surface area contributed by atoms with Crippen molar-refractivity contribution in [2.75, 3.05) is 26.0 Å². The number of aliphatic hydroxyl groups is 3. The first-order chi connectivity index (χ1) is 17.5. The highest BCUT2D eigenvalue weighted by Crippen LogP contribution is 2.53. The van der Waals surface area contributed by atoms with E-state index in [-0.39, 0.29) is 45.9 Å². The van der Waals surface area contributed by atoms with Gasteiger partial charge in [0.15, 0.2) is 23.0 Å². The highest BCUT2D eigenvalue weighted by atomic mass is 35.5. The van der Waals surface area contributed by atoms with Crippen molar-refractivity contribution < 1.29 is 34.8 Å². The van der Waals surface area contributed by atoms with Crippen LogP contribution in [0.25, 0.3) is 0 Å². The van der Waals surface area contributed by atoms with E-state index in [1.165, 1.54) is 4.90 Å². The lowest BCUT2D eigenvalue weighted by molar-refractivity contribution is -0.148. The second-order valence-corrected chi connectivity index (χ2v) is 12.0. The van der Waals surface area contributed by atoms with Crippen LogP contribution in [0.1, 0.15) is 49.5 Å². The number of allylic oxidation sites excluding steroid dienone is 1. The Bertz CT molecular complexity index is 1310. The standard InChI is InChI=1S/C26H33ClN4O7/c1-25(2,3)6-7-29-24-19(34)14-11(22(27)30-24)8-10-9-12-16(31(4)5)18(33)15(23(28)37)21(36)26(12,38)20(35)13(10)17(14)32/h10,12,16,33-35,38H,6-9H2,1-5H3,(H2,28,37)(H,29,30)/t10-,12-,16-,26-/m0/s1. The fourth-order valence-electron chi connectivity index (χ4n) is 5.84. The maximum atomic E-state index is 13.8. The van der Waals surface area contributed by atoms with Crippen molar-refractivity contribution in [2.45, 2.75) is 51.7 Å². The van der Waals surface area contributed by atoms with Crippen LogP contribution >= 0.6 is 11.6 Å². The average Bonchev–Trinajstić information content (AvgIpc) is 2.78. The Morgan fingerprint density at radius 1 is 1.24 bits per heavy atom. The van der Waals surface area contributed by atoms with Gasteiger partial charge in [-0.3, -0.25) is 19.3 Å². The minimum atomic E-state index is -2.69. The maximum absolute atomic E-state index is 13.8. The number of halogens is 1. The predicted molar refractivity (Wildman–Crippen MR) is 139 cm³/mol. The third-order valence-electron chi connectivity index (χ3n) is 7.70. The number of likely N-dealkylation sites (N-methyl/N-ethyl adjacent to an activating group) is 1. The molecule has 1 aromatic rings. The molecule has 1 heterocycles. The first kappa shape index (κ1) is 27.9. The van der Waals surface area contributed by atoms with E-state index < -0.39 is 63.8 Å². The second kappa shape index (κ2) is 9.25. The zero-order valence-corrected chi connectivity index (χ0v) is 22.7. The second-order valence-electron chi connectivity index (χ2n) is 11.7. The van der Waals surface area contributed by atoms with Crippen molar-refractivity contribution in [3.63, 3.8) is 0 Å². The number of hydrogen-bond acceptors (Lipinski definition) is 10. The van der Waals surface area contributed by atoms with E-state index in [0.29, 0.717) is 6.54 Å². The van der Waals surface area contributed by atoms with Gasteiger partial charge in [-0.1, -0.05) is 32.4 Å². The first-order valence-electron chi connectivity index (χ1n) is 12.3. The third-order valence-corrected chi connectivity index (χ3v) is 8.02. The number of nitrogens with two attached hydrogens (primary N) is 1. The summed E-state index contributed by atoms with van der Waals surface area (Å²) in [5, 5.41) is 47.8. The molecule has 0 saturated carbocycles. The van der Waals surface area contributed by atoms with Gasteiger partial charge in [-0.15, -0.1) is 0 Å². The van der Waals surface area contributed by atoms with E-state index in [2.05, 4.69) is 10.3 Å². The Morgan fingerprint density at radius 2 is 1.87 bits per heavy atom. The molecule has 3 aliphatic carbocycles. The fraction of sp³-hybridized carbons (Fsp3) is 0.538. The summed E-state index contributed by atoms with van der Waals surface area (Å²) in [5.74, 6) is -7.17. The van der Waals surface area contributed by atoms with Crippen molar-refractivity contribution >= 4 is 34.9 Å². The monoisotopic (exact) mass is 548 g/mol. The zero-order chi connectivity index (χ0) is 28.5. The third kappa shape index (κ3) is 4.13. The molecule has 38 heavy (non-hydrogen) atoms. The molecule has 0 radical (unpaired) electrons. The molecule has 0 bridgehead atoms. The van der Waals surface area contributed by atoms with Crippen LogP contribution in [0.5, 0.6) is 5.75 Å². The Kier molecular flexibility index (Phi) is 6.78. The van der Waals surface area contributed by atoms with Gasteiger partial charge in [-0.05, 0) is 44.7 Å². The molecule has 0 aromatic carbocycles. The number of aromatic hydroxyl groups is 1. The Hall–Kier alpha value is -3.15. The molecule has 4 rings (SSSR count). The number of amides is 1. The molecular formula is C26H33ClN4O7. The van der Waals surface area contributed by atoms with Crippen LogP contribution in [0.2, 0.25) is 5.15 Å². The maximum Gasteiger partial charge on any atom is 0.255 e. The van der Waals surface area contributed by atoms with Crippen molar-refractivity contribution in [3.05, 3.63) is 38.9 Å². The Labute approximate surface area is 225 Å². The molecule has 4 atom stereocenters. The highest BCUT2D eigenvalue weighted by Gasteiger charge is 2.63. The number of aliphatic hydroxyl groups excluding tert-OH is 2. The van der Waals surface area contributed by atoms with Crippen molar-refractivity contribution in [1.29, 1.82) is 0 Å². The van der Waals surface area contributed by atoms with Gasteiger partial charge >= 0.3 is 0 Å². The lowest BCUT2D eigenvalue weighted by Gasteiger charge is -2.50. The van der Waals surface area contributed by atoms with E-state index >= 15 is 0 Å². The molecule has 12 heteroatoms. The predicted octanol–water partition coefficient (Wildman–Crippen LogP) is 2.02. The van der Waals surface area contributed by atoms with Gasteiger partial charge in [0.25, 0.3) is 5.91 Å². The molecule has 1 aromatic heterocycles. The molecule has 1 amide bonds. The Morgan fingerprint density at radius 3 is 2.42 bits per heavy atom. The number of carbonyl (C=O) groups is 3. The molecule has 7 N–H and O–H groups in total. The van der Waals surface area contributed by atoms with Crippen molar-refractivity contribution in [2.24, 2.45) is 23.0 Å². The van der Waals surface area contributed by atoms with Crippen LogP contribution in [0.15, 0.2) is 22.7 Å². The molecule has 0 spiro atoms. The van der Waals surface area contributed by atoms with Crippen LogP contribution in [-0.2, 0) is 16.0 Å². The number of fused-ring (bicyclic) bond motifs is 3.